The predicted molar refractivity (Wildman–Crippen MR) is 151 cm³/mol. The van der Waals surface area contributed by atoms with Crippen LogP contribution in [0.2, 0.25) is 0 Å². The van der Waals surface area contributed by atoms with Crippen LogP contribution in [0.25, 0.3) is 11.3 Å². The number of piperazine rings is 1. The summed E-state index contributed by atoms with van der Waals surface area (Å²) in [6.45, 7) is 8.41. The number of hydrogen-bond acceptors (Lipinski definition) is 7. The Morgan fingerprint density at radius 2 is 1.72 bits per heavy atom. The summed E-state index contributed by atoms with van der Waals surface area (Å²) in [7, 11) is 3.23. The lowest BCUT2D eigenvalue weighted by molar-refractivity contribution is -0.132. The molecule has 0 N–H and O–H groups in total. The summed E-state index contributed by atoms with van der Waals surface area (Å²) in [5.74, 6) is 1.99. The minimum absolute atomic E-state index is 0.0371. The molecule has 1 aliphatic heterocycles. The van der Waals surface area contributed by atoms with Gasteiger partial charge in [-0.2, -0.15) is 0 Å². The summed E-state index contributed by atoms with van der Waals surface area (Å²) < 4.78 is 10.8. The number of rotatable bonds is 9. The first kappa shape index (κ1) is 27.9. The van der Waals surface area contributed by atoms with Gasteiger partial charge in [0.1, 0.15) is 18.0 Å². The zero-order chi connectivity index (χ0) is 27.9. The molecule has 0 radical (unpaired) electrons. The first-order chi connectivity index (χ1) is 18.9. The molecule has 0 aliphatic carbocycles. The first-order valence-corrected chi connectivity index (χ1v) is 13.3. The summed E-state index contributed by atoms with van der Waals surface area (Å²) in [6, 6.07) is 16.9. The van der Waals surface area contributed by atoms with Gasteiger partial charge in [-0.3, -0.25) is 9.59 Å². The molecule has 1 aliphatic rings. The zero-order valence-corrected chi connectivity index (χ0v) is 23.4. The smallest absolute Gasteiger partial charge is 0.254 e. The molecule has 0 spiro atoms. The first-order valence-electron chi connectivity index (χ1n) is 13.3. The van der Waals surface area contributed by atoms with Gasteiger partial charge in [-0.1, -0.05) is 25.1 Å². The van der Waals surface area contributed by atoms with Crippen LogP contribution in [0, 0.1) is 6.92 Å². The molecule has 9 heteroatoms. The van der Waals surface area contributed by atoms with Gasteiger partial charge < -0.3 is 24.2 Å². The van der Waals surface area contributed by atoms with Gasteiger partial charge in [0.2, 0.25) is 5.91 Å². The van der Waals surface area contributed by atoms with Gasteiger partial charge in [0.15, 0.2) is 5.82 Å². The van der Waals surface area contributed by atoms with Gasteiger partial charge in [-0.15, -0.1) is 10.2 Å². The number of aromatic nitrogens is 2. The normalized spacial score (nSPS) is 14.1. The van der Waals surface area contributed by atoms with E-state index in [4.69, 9.17) is 9.47 Å². The summed E-state index contributed by atoms with van der Waals surface area (Å²) in [6.07, 6.45) is 0.774. The molecular formula is C30H37N5O4. The molecule has 0 unspecified atom stereocenters. The molecule has 39 heavy (non-hydrogen) atoms. The second-order valence-corrected chi connectivity index (χ2v) is 9.72. The molecular weight excluding hydrogens is 494 g/mol. The van der Waals surface area contributed by atoms with Crippen molar-refractivity contribution in [2.45, 2.75) is 33.2 Å². The number of amides is 2. The fraction of sp³-hybridized carbons (Fsp3) is 0.400. The lowest BCUT2D eigenvalue weighted by atomic mass is 10.1. The van der Waals surface area contributed by atoms with Crippen LogP contribution in [0.5, 0.6) is 11.5 Å². The molecule has 1 fully saturated rings. The highest BCUT2D eigenvalue weighted by atomic mass is 16.5. The lowest BCUT2D eigenvalue weighted by Gasteiger charge is -2.37. The Hall–Kier alpha value is -4.14. The monoisotopic (exact) mass is 531 g/mol. The zero-order valence-electron chi connectivity index (χ0n) is 23.4. The highest BCUT2D eigenvalue weighted by molar-refractivity contribution is 5.98. The lowest BCUT2D eigenvalue weighted by Crippen LogP contribution is -2.53. The molecule has 9 nitrogen and oxygen atoms in total. The van der Waals surface area contributed by atoms with Crippen LogP contribution < -0.4 is 14.4 Å². The van der Waals surface area contributed by atoms with E-state index in [1.807, 2.05) is 80.3 Å². The molecule has 2 heterocycles. The standard InChI is InChI=1S/C30H37N5O4/c1-6-22(3)35(30(37)24-10-8-7-9-21(24)2)20-29(36)34-17-15-33(16-18-34)28-14-13-26(31-32-28)25-12-11-23(38-4)19-27(25)39-5/h7-14,19,22H,6,15-18,20H2,1-5H3/t22-/m1/s1. The minimum atomic E-state index is -0.0988. The number of benzene rings is 2. The largest absolute Gasteiger partial charge is 0.497 e. The summed E-state index contributed by atoms with van der Waals surface area (Å²) in [4.78, 5) is 32.3. The number of anilines is 1. The number of carbonyl (C=O) groups is 2. The second kappa shape index (κ2) is 12.6. The van der Waals surface area contributed by atoms with Gasteiger partial charge in [-0.25, -0.2) is 0 Å². The predicted octanol–water partition coefficient (Wildman–Crippen LogP) is 4.06. The maximum atomic E-state index is 13.3. The fourth-order valence-corrected chi connectivity index (χ4v) is 4.69. The van der Waals surface area contributed by atoms with Crippen molar-refractivity contribution in [1.29, 1.82) is 0 Å². The molecule has 2 amide bonds. The molecule has 1 saturated heterocycles. The quantitative estimate of drug-likeness (QED) is 0.412. The van der Waals surface area contributed by atoms with Crippen LogP contribution in [0.15, 0.2) is 54.6 Å². The van der Waals surface area contributed by atoms with Gasteiger partial charge in [0, 0.05) is 49.4 Å². The summed E-state index contributed by atoms with van der Waals surface area (Å²) >= 11 is 0. The molecule has 1 atom stereocenters. The Kier molecular flexibility index (Phi) is 9.01. The van der Waals surface area contributed by atoms with E-state index in [2.05, 4.69) is 15.1 Å². The van der Waals surface area contributed by atoms with Crippen LogP contribution in [-0.4, -0.2) is 84.8 Å². The third-order valence-electron chi connectivity index (χ3n) is 7.36. The van der Waals surface area contributed by atoms with Crippen molar-refractivity contribution in [3.63, 3.8) is 0 Å². The highest BCUT2D eigenvalue weighted by Gasteiger charge is 2.28. The molecule has 4 rings (SSSR count). The summed E-state index contributed by atoms with van der Waals surface area (Å²) in [5.41, 5.74) is 3.09. The number of carbonyl (C=O) groups excluding carboxylic acids is 2. The minimum Gasteiger partial charge on any atom is -0.497 e. The Morgan fingerprint density at radius 1 is 0.974 bits per heavy atom. The number of nitrogens with zero attached hydrogens (tertiary/aromatic N) is 5. The molecule has 206 valence electrons. The van der Waals surface area contributed by atoms with Crippen molar-refractivity contribution in [3.05, 3.63) is 65.7 Å². The van der Waals surface area contributed by atoms with Crippen LogP contribution in [0.4, 0.5) is 5.82 Å². The van der Waals surface area contributed by atoms with E-state index in [1.54, 1.807) is 19.1 Å². The van der Waals surface area contributed by atoms with E-state index in [1.165, 1.54) is 0 Å². The van der Waals surface area contributed by atoms with E-state index < -0.39 is 0 Å². The Morgan fingerprint density at radius 3 is 2.33 bits per heavy atom. The van der Waals surface area contributed by atoms with E-state index in [0.717, 1.165) is 23.4 Å². The van der Waals surface area contributed by atoms with Crippen LogP contribution in [-0.2, 0) is 4.79 Å². The number of methoxy groups -OCH3 is 2. The van der Waals surface area contributed by atoms with Crippen molar-refractivity contribution in [3.8, 4) is 22.8 Å². The van der Waals surface area contributed by atoms with Gasteiger partial charge in [-0.05, 0) is 56.2 Å². The van der Waals surface area contributed by atoms with Crippen molar-refractivity contribution >= 4 is 17.6 Å². The van der Waals surface area contributed by atoms with Gasteiger partial charge in [0.25, 0.3) is 5.91 Å². The maximum Gasteiger partial charge on any atom is 0.254 e. The Balaban J connectivity index is 1.38. The molecule has 3 aromatic rings. The van der Waals surface area contributed by atoms with Crippen LogP contribution >= 0.6 is 0 Å². The average Bonchev–Trinajstić information content (AvgIpc) is 2.99. The third kappa shape index (κ3) is 6.30. The topological polar surface area (TPSA) is 88.1 Å². The van der Waals surface area contributed by atoms with E-state index in [9.17, 15) is 9.59 Å². The van der Waals surface area contributed by atoms with Crippen LogP contribution in [0.1, 0.15) is 36.2 Å². The molecule has 1 aromatic heterocycles. The van der Waals surface area contributed by atoms with E-state index in [-0.39, 0.29) is 24.4 Å². The number of aryl methyl sites for hydroxylation is 1. The van der Waals surface area contributed by atoms with Crippen molar-refractivity contribution in [1.82, 2.24) is 20.0 Å². The fourth-order valence-electron chi connectivity index (χ4n) is 4.69. The Labute approximate surface area is 230 Å². The van der Waals surface area contributed by atoms with Crippen molar-refractivity contribution in [2.75, 3.05) is 51.8 Å². The average molecular weight is 532 g/mol. The van der Waals surface area contributed by atoms with Crippen molar-refractivity contribution in [2.24, 2.45) is 0 Å². The summed E-state index contributed by atoms with van der Waals surface area (Å²) in [5, 5.41) is 8.88. The highest BCUT2D eigenvalue weighted by Crippen LogP contribution is 2.32. The van der Waals surface area contributed by atoms with Crippen molar-refractivity contribution < 1.29 is 19.1 Å². The van der Waals surface area contributed by atoms with Gasteiger partial charge >= 0.3 is 0 Å². The van der Waals surface area contributed by atoms with Crippen LogP contribution in [0.3, 0.4) is 0 Å². The third-order valence-corrected chi connectivity index (χ3v) is 7.36. The van der Waals surface area contributed by atoms with E-state index in [0.29, 0.717) is 48.9 Å². The second-order valence-electron chi connectivity index (χ2n) is 9.72. The van der Waals surface area contributed by atoms with Gasteiger partial charge in [0.05, 0.1) is 19.9 Å². The SMILES string of the molecule is CC[C@@H](C)N(CC(=O)N1CCN(c2ccc(-c3ccc(OC)cc3OC)nn2)CC1)C(=O)c1ccccc1C. The number of ether oxygens (including phenoxy) is 2. The number of hydrogen-bond donors (Lipinski definition) is 0. The van der Waals surface area contributed by atoms with E-state index >= 15 is 0 Å². The molecule has 0 bridgehead atoms. The maximum absolute atomic E-state index is 13.3. The Bertz CT molecular complexity index is 1290. The molecule has 0 saturated carbocycles. The molecule has 2 aromatic carbocycles.